The number of hydrogen-bond donors (Lipinski definition) is 0. The van der Waals surface area contributed by atoms with Crippen molar-refractivity contribution in [2.75, 3.05) is 19.6 Å². The molecule has 6 aliphatic rings. The van der Waals surface area contributed by atoms with E-state index >= 15 is 0 Å². The number of hydrogen-bond acceptors (Lipinski definition) is 4. The molecule has 0 radical (unpaired) electrons. The van der Waals surface area contributed by atoms with E-state index in [1.807, 2.05) is 0 Å². The molecule has 12 aromatic rings. The van der Waals surface area contributed by atoms with E-state index in [-0.39, 0.29) is 16.2 Å². The second-order valence-corrected chi connectivity index (χ2v) is 26.6. The molecule has 0 amide bonds. The van der Waals surface area contributed by atoms with Crippen LogP contribution in [0.4, 0.5) is 68.2 Å². The van der Waals surface area contributed by atoms with Gasteiger partial charge in [-0.2, -0.15) is 0 Å². The third kappa shape index (κ3) is 8.48. The van der Waals surface area contributed by atoms with E-state index in [1.165, 1.54) is 174 Å². The SMILES string of the molecule is c1ccc(N(c2ccccc2)c2ccc3c(c2)C2(CCCC2)c2cc(N(c4ccccc4)c4ccc5c(c4)C4(CCCC4)c4cc(N(c6ccccc6)c6ccc7c(c6)C6(CCCC6)c6cc(N(c8ccccc8)c8ccccc8)ccc6-7)ccc4-5)ccc2-3)cc1. The van der Waals surface area contributed by atoms with Gasteiger partial charge in [-0.15, -0.1) is 0 Å². The summed E-state index contributed by atoms with van der Waals surface area (Å²) in [5, 5.41) is 0. The Morgan fingerprint density at radius 2 is 0.319 bits per heavy atom. The lowest BCUT2D eigenvalue weighted by Gasteiger charge is -2.32. The van der Waals surface area contributed by atoms with Gasteiger partial charge in [0.25, 0.3) is 0 Å². The molecular weight excluding hydrogens is 1100 g/mol. The first kappa shape index (κ1) is 53.8. The minimum atomic E-state index is -0.0987. The second-order valence-electron chi connectivity index (χ2n) is 26.6. The molecule has 440 valence electrons. The fraction of sp³-hybridized carbons (Fsp3) is 0.172. The Balaban J connectivity index is 0.718. The molecule has 6 aliphatic carbocycles. The highest BCUT2D eigenvalue weighted by Gasteiger charge is 2.49. The Morgan fingerprint density at radius 1 is 0.165 bits per heavy atom. The summed E-state index contributed by atoms with van der Waals surface area (Å²) in [6.07, 6.45) is 14.2. The topological polar surface area (TPSA) is 13.0 Å². The van der Waals surface area contributed by atoms with Crippen molar-refractivity contribution in [3.63, 3.8) is 0 Å². The Bertz CT molecular complexity index is 4340. The van der Waals surface area contributed by atoms with Crippen LogP contribution in [-0.4, -0.2) is 0 Å². The summed E-state index contributed by atoms with van der Waals surface area (Å²) in [4.78, 5) is 9.98. The zero-order valence-electron chi connectivity index (χ0n) is 51.5. The van der Waals surface area contributed by atoms with Crippen LogP contribution in [0.2, 0.25) is 0 Å². The van der Waals surface area contributed by atoms with Crippen LogP contribution in [0.25, 0.3) is 33.4 Å². The zero-order valence-corrected chi connectivity index (χ0v) is 51.5. The standard InChI is InChI=1S/C87H72N4/c1-7-25-61(26-8-1)88(62-27-9-2-10-28-62)67-37-43-73-75-45-39-69(57-81(75)85(79(73)55-67)49-19-20-50-85)90(65-33-15-5-16-34-65)71-41-47-77-78-48-42-72(60-84(78)87(83(77)59-71)53-23-24-54-87)91(66-35-17-6-18-36-66)70-40-46-76-74-44-38-68(56-80(74)86(82(76)58-70)51-21-22-52-86)89(63-29-11-3-12-30-63)64-31-13-4-14-32-64/h1-18,25-48,55-60H,19-24,49-54H2. The largest absolute Gasteiger partial charge is 0.310 e. The highest BCUT2D eigenvalue weighted by atomic mass is 15.2. The smallest absolute Gasteiger partial charge is 0.0465 e. The summed E-state index contributed by atoms with van der Waals surface area (Å²) < 4.78 is 0. The molecule has 0 heterocycles. The van der Waals surface area contributed by atoms with Gasteiger partial charge < -0.3 is 19.6 Å². The van der Waals surface area contributed by atoms with E-state index in [0.717, 1.165) is 38.5 Å². The van der Waals surface area contributed by atoms with E-state index in [9.17, 15) is 0 Å². The fourth-order valence-electron chi connectivity index (χ4n) is 18.1. The van der Waals surface area contributed by atoms with Crippen LogP contribution in [0.1, 0.15) is 110 Å². The van der Waals surface area contributed by atoms with Gasteiger partial charge >= 0.3 is 0 Å². The molecule has 4 heteroatoms. The van der Waals surface area contributed by atoms with E-state index in [0.29, 0.717) is 0 Å². The van der Waals surface area contributed by atoms with Gasteiger partial charge in [-0.05, 0) is 251 Å². The first-order valence-corrected chi connectivity index (χ1v) is 33.4. The van der Waals surface area contributed by atoms with Gasteiger partial charge in [0.2, 0.25) is 0 Å². The van der Waals surface area contributed by atoms with Crippen LogP contribution >= 0.6 is 0 Å². The van der Waals surface area contributed by atoms with Gasteiger partial charge in [-0.1, -0.05) is 184 Å². The predicted molar refractivity (Wildman–Crippen MR) is 379 cm³/mol. The van der Waals surface area contributed by atoms with Crippen LogP contribution in [0, 0.1) is 0 Å². The quantitative estimate of drug-likeness (QED) is 0.121. The van der Waals surface area contributed by atoms with Gasteiger partial charge in [-0.3, -0.25) is 0 Å². The third-order valence-corrected chi connectivity index (χ3v) is 22.0. The Kier molecular flexibility index (Phi) is 12.7. The zero-order chi connectivity index (χ0) is 60.1. The first-order valence-electron chi connectivity index (χ1n) is 33.4. The number of para-hydroxylation sites is 6. The molecule has 0 atom stereocenters. The molecule has 0 unspecified atom stereocenters. The molecule has 3 fully saturated rings. The van der Waals surface area contributed by atoms with Crippen LogP contribution in [-0.2, 0) is 16.2 Å². The van der Waals surface area contributed by atoms with Crippen molar-refractivity contribution in [3.05, 3.63) is 325 Å². The van der Waals surface area contributed by atoms with Crippen molar-refractivity contribution in [2.45, 2.75) is 93.3 Å². The Labute approximate surface area is 536 Å². The lowest BCUT2D eigenvalue weighted by molar-refractivity contribution is 0.549. The molecular formula is C87H72N4. The summed E-state index contributed by atoms with van der Waals surface area (Å²) in [6, 6.07) is 110. The molecule has 4 nitrogen and oxygen atoms in total. The average molecular weight is 1170 g/mol. The molecule has 0 aliphatic heterocycles. The van der Waals surface area contributed by atoms with Crippen molar-refractivity contribution in [2.24, 2.45) is 0 Å². The van der Waals surface area contributed by atoms with Gasteiger partial charge in [0, 0.05) is 84.5 Å². The maximum atomic E-state index is 2.60. The lowest BCUT2D eigenvalue weighted by Crippen LogP contribution is -2.23. The van der Waals surface area contributed by atoms with E-state index in [4.69, 9.17) is 0 Å². The number of fused-ring (bicyclic) bond motifs is 15. The molecule has 3 spiro atoms. The molecule has 0 bridgehead atoms. The van der Waals surface area contributed by atoms with E-state index in [1.54, 1.807) is 0 Å². The minimum absolute atomic E-state index is 0.0579. The van der Waals surface area contributed by atoms with Crippen molar-refractivity contribution in [3.8, 4) is 33.4 Å². The van der Waals surface area contributed by atoms with E-state index < -0.39 is 0 Å². The molecule has 3 saturated carbocycles. The number of benzene rings is 12. The molecule has 0 aromatic heterocycles. The Hall–Kier alpha value is -10.2. The van der Waals surface area contributed by atoms with Gasteiger partial charge in [0.15, 0.2) is 0 Å². The van der Waals surface area contributed by atoms with E-state index in [2.05, 4.69) is 311 Å². The second kappa shape index (κ2) is 21.5. The van der Waals surface area contributed by atoms with Crippen molar-refractivity contribution < 1.29 is 0 Å². The van der Waals surface area contributed by atoms with Crippen molar-refractivity contribution in [1.29, 1.82) is 0 Å². The Morgan fingerprint density at radius 3 is 0.484 bits per heavy atom. The summed E-state index contributed by atoms with van der Waals surface area (Å²) in [5.41, 5.74) is 31.3. The number of anilines is 12. The number of rotatable bonds is 12. The number of nitrogens with zero attached hydrogens (tertiary/aromatic N) is 4. The molecule has 0 saturated heterocycles. The highest BCUT2D eigenvalue weighted by molar-refractivity contribution is 5.93. The third-order valence-electron chi connectivity index (χ3n) is 22.0. The summed E-state index contributed by atoms with van der Waals surface area (Å²) in [5.74, 6) is 0. The van der Waals surface area contributed by atoms with Crippen molar-refractivity contribution in [1.82, 2.24) is 0 Å². The van der Waals surface area contributed by atoms with Crippen LogP contribution in [0.5, 0.6) is 0 Å². The maximum Gasteiger partial charge on any atom is 0.0465 e. The molecule has 91 heavy (non-hydrogen) atoms. The maximum absolute atomic E-state index is 2.60. The highest BCUT2D eigenvalue weighted by Crippen LogP contribution is 2.63. The summed E-state index contributed by atoms with van der Waals surface area (Å²) >= 11 is 0. The van der Waals surface area contributed by atoms with Crippen LogP contribution in [0.15, 0.2) is 291 Å². The average Bonchev–Trinajstić information content (AvgIpc) is 1.61. The molecule has 12 aromatic carbocycles. The van der Waals surface area contributed by atoms with Crippen LogP contribution < -0.4 is 19.6 Å². The normalized spacial score (nSPS) is 16.1. The minimum Gasteiger partial charge on any atom is -0.310 e. The molecule has 18 rings (SSSR count). The predicted octanol–water partition coefficient (Wildman–Crippen LogP) is 24.1. The van der Waals surface area contributed by atoms with Crippen molar-refractivity contribution >= 4 is 68.2 Å². The van der Waals surface area contributed by atoms with Crippen LogP contribution in [0.3, 0.4) is 0 Å². The lowest BCUT2D eigenvalue weighted by atomic mass is 9.76. The molecule has 0 N–H and O–H groups in total. The summed E-state index contributed by atoms with van der Waals surface area (Å²) in [7, 11) is 0. The summed E-state index contributed by atoms with van der Waals surface area (Å²) in [6.45, 7) is 0. The first-order chi connectivity index (χ1) is 45.1. The fourth-order valence-corrected chi connectivity index (χ4v) is 18.1. The van der Waals surface area contributed by atoms with Gasteiger partial charge in [0.1, 0.15) is 0 Å². The van der Waals surface area contributed by atoms with Gasteiger partial charge in [0.05, 0.1) is 0 Å². The van der Waals surface area contributed by atoms with Gasteiger partial charge in [-0.25, -0.2) is 0 Å². The monoisotopic (exact) mass is 1170 g/mol.